The van der Waals surface area contributed by atoms with Crippen molar-refractivity contribution in [3.05, 3.63) is 125 Å². The normalized spacial score (nSPS) is 11.8. The first-order valence-corrected chi connectivity index (χ1v) is 18.3. The van der Waals surface area contributed by atoms with Crippen LogP contribution in [0.1, 0.15) is 50.0 Å². The molecule has 0 aliphatic heterocycles. The van der Waals surface area contributed by atoms with Crippen LogP contribution in [0.4, 0.5) is 5.69 Å². The summed E-state index contributed by atoms with van der Waals surface area (Å²) < 4.78 is 27.1. The first kappa shape index (κ1) is 44.4. The van der Waals surface area contributed by atoms with Crippen molar-refractivity contribution in [3.8, 4) is 5.75 Å². The van der Waals surface area contributed by atoms with Crippen LogP contribution in [0, 0.1) is 0 Å². The summed E-state index contributed by atoms with van der Waals surface area (Å²) in [7, 11) is 4.22. The van der Waals surface area contributed by atoms with Gasteiger partial charge in [0.05, 0.1) is 57.0 Å². The zero-order valence-electron chi connectivity index (χ0n) is 28.8. The number of nitrogens with zero attached hydrogens (tertiary/aromatic N) is 1. The Morgan fingerprint density at radius 2 is 1.15 bits per heavy atom. The third-order valence-corrected chi connectivity index (χ3v) is 9.24. The highest BCUT2D eigenvalue weighted by molar-refractivity contribution is 6.69. The summed E-state index contributed by atoms with van der Waals surface area (Å²) in [6, 6.07) is 19.9. The summed E-state index contributed by atoms with van der Waals surface area (Å²) in [6.07, 6.45) is -0.213. The molecule has 0 heterocycles. The number of aryl methyl sites for hydroxylation is 1. The van der Waals surface area contributed by atoms with Crippen LogP contribution in [0.5, 0.6) is 5.75 Å². The minimum absolute atomic E-state index is 0.0747. The van der Waals surface area contributed by atoms with Gasteiger partial charge in [-0.3, -0.25) is 4.79 Å². The molecule has 0 fully saturated rings. The van der Waals surface area contributed by atoms with E-state index in [1.165, 1.54) is 57.7 Å². The van der Waals surface area contributed by atoms with Gasteiger partial charge in [0.25, 0.3) is 5.24 Å². The maximum Gasteiger partial charge on any atom is 0.342 e. The minimum atomic E-state index is -1.02. The van der Waals surface area contributed by atoms with Gasteiger partial charge in [-0.1, -0.05) is 95.1 Å². The highest BCUT2D eigenvalue weighted by Crippen LogP contribution is 2.34. The van der Waals surface area contributed by atoms with Crippen molar-refractivity contribution in [1.29, 1.82) is 0 Å². The van der Waals surface area contributed by atoms with Gasteiger partial charge in [-0.25, -0.2) is 9.59 Å². The van der Waals surface area contributed by atoms with Gasteiger partial charge in [0, 0.05) is 30.0 Å². The predicted molar refractivity (Wildman–Crippen MR) is 211 cm³/mol. The zero-order valence-corrected chi connectivity index (χ0v) is 34.1. The summed E-state index contributed by atoms with van der Waals surface area (Å²) in [4.78, 5) is 38.6. The minimum Gasteiger partial charge on any atom is -0.494 e. The number of ether oxygens (including phenoxy) is 5. The molecule has 284 valence electrons. The zero-order chi connectivity index (χ0) is 39.2. The number of carbonyl (C=O) groups is 3. The molecule has 0 bridgehead atoms. The second kappa shape index (κ2) is 21.8. The Balaban J connectivity index is 0.000000489. The van der Waals surface area contributed by atoms with E-state index < -0.39 is 29.8 Å². The smallest absolute Gasteiger partial charge is 0.342 e. The monoisotopic (exact) mass is 865 g/mol. The number of methoxy groups -OCH3 is 3. The fourth-order valence-corrected chi connectivity index (χ4v) is 6.19. The molecular formula is C37H34Cl7NO8. The predicted octanol–water partition coefficient (Wildman–Crippen LogP) is 11.1. The number of benzene rings is 4. The van der Waals surface area contributed by atoms with E-state index in [-0.39, 0.29) is 50.6 Å². The first-order chi connectivity index (χ1) is 25.2. The molecule has 0 saturated heterocycles. The Morgan fingerprint density at radius 3 is 1.58 bits per heavy atom. The van der Waals surface area contributed by atoms with Gasteiger partial charge in [-0.15, -0.1) is 0 Å². The van der Waals surface area contributed by atoms with Crippen LogP contribution in [0.25, 0.3) is 0 Å². The van der Waals surface area contributed by atoms with Crippen LogP contribution < -0.4 is 9.64 Å². The number of hydrogen-bond acceptors (Lipinski definition) is 9. The van der Waals surface area contributed by atoms with E-state index in [0.29, 0.717) is 15.1 Å². The molecule has 0 spiro atoms. The molecule has 4 aromatic rings. The SMILES string of the molecule is CCCc1cccc(N(CC(OC)OC(=O)c2cc(Cl)ccc2Cl)CC(OC)OC(=O)c2cc(Cl)ccc2Cl)c1.COc1c(Cl)ccc(Cl)c1C(=O)Cl. The largest absolute Gasteiger partial charge is 0.494 e. The van der Waals surface area contributed by atoms with Crippen LogP contribution in [0.3, 0.4) is 0 Å². The molecule has 0 aliphatic rings. The quantitative estimate of drug-likeness (QED) is 0.0657. The van der Waals surface area contributed by atoms with Gasteiger partial charge in [-0.2, -0.15) is 0 Å². The lowest BCUT2D eigenvalue weighted by molar-refractivity contribution is -0.0951. The van der Waals surface area contributed by atoms with E-state index in [9.17, 15) is 14.4 Å². The number of rotatable bonds is 15. The van der Waals surface area contributed by atoms with Crippen molar-refractivity contribution in [3.63, 3.8) is 0 Å². The molecule has 4 aromatic carbocycles. The molecule has 0 N–H and O–H groups in total. The maximum absolute atomic E-state index is 12.9. The van der Waals surface area contributed by atoms with Gasteiger partial charge in [-0.05, 0) is 84.2 Å². The molecule has 0 saturated carbocycles. The standard InChI is InChI=1S/C29H29Cl4NO6.C8H5Cl3O2/c1-4-6-18-7-5-8-21(13-18)34(16-26(37-2)39-28(35)22-14-19(30)9-11-24(22)32)17-27(38-3)40-29(36)23-15-20(31)10-12-25(23)33;1-13-7-5(10)3-2-4(9)6(7)8(11)12/h5,7-15,26-27H,4,6,16-17H2,1-3H3;2-3H,1H3. The fourth-order valence-electron chi connectivity index (χ4n) is 4.75. The Kier molecular flexibility index (Phi) is 18.3. The van der Waals surface area contributed by atoms with Crippen molar-refractivity contribution in [1.82, 2.24) is 0 Å². The van der Waals surface area contributed by atoms with Crippen LogP contribution in [0.2, 0.25) is 30.1 Å². The van der Waals surface area contributed by atoms with Crippen molar-refractivity contribution >= 4 is 104 Å². The lowest BCUT2D eigenvalue weighted by atomic mass is 10.1. The second-order valence-corrected chi connectivity index (χ2v) is 13.8. The topological polar surface area (TPSA) is 101 Å². The molecule has 0 aliphatic carbocycles. The Hall–Kier alpha value is -2.96. The highest BCUT2D eigenvalue weighted by Gasteiger charge is 2.26. The lowest BCUT2D eigenvalue weighted by Gasteiger charge is -2.31. The van der Waals surface area contributed by atoms with Gasteiger partial charge >= 0.3 is 11.9 Å². The van der Waals surface area contributed by atoms with Crippen molar-refractivity contribution < 1.29 is 38.1 Å². The molecule has 2 atom stereocenters. The average molecular weight is 869 g/mol. The Labute approximate surface area is 342 Å². The van der Waals surface area contributed by atoms with Crippen LogP contribution in [-0.4, -0.2) is 64.2 Å². The molecule has 0 aromatic heterocycles. The van der Waals surface area contributed by atoms with E-state index >= 15 is 0 Å². The number of halogens is 7. The third-order valence-electron chi connectivity index (χ3n) is 7.31. The molecule has 53 heavy (non-hydrogen) atoms. The van der Waals surface area contributed by atoms with E-state index in [1.54, 1.807) is 12.1 Å². The Morgan fingerprint density at radius 1 is 0.660 bits per heavy atom. The van der Waals surface area contributed by atoms with E-state index in [4.69, 9.17) is 105 Å². The maximum atomic E-state index is 12.9. The molecule has 0 amide bonds. The summed E-state index contributed by atoms with van der Waals surface area (Å²) in [5, 5.41) is 0.897. The van der Waals surface area contributed by atoms with Crippen molar-refractivity contribution in [2.75, 3.05) is 39.3 Å². The number of esters is 2. The molecule has 2 unspecified atom stereocenters. The Bertz CT molecular complexity index is 1820. The van der Waals surface area contributed by atoms with E-state index in [0.717, 1.165) is 24.1 Å². The molecule has 16 heteroatoms. The highest BCUT2D eigenvalue weighted by atomic mass is 35.5. The van der Waals surface area contributed by atoms with Gasteiger partial charge in [0.1, 0.15) is 0 Å². The molecule has 0 radical (unpaired) electrons. The fraction of sp³-hybridized carbons (Fsp3) is 0.270. The van der Waals surface area contributed by atoms with Gasteiger partial charge in [0.15, 0.2) is 5.75 Å². The molecule has 4 rings (SSSR count). The third kappa shape index (κ3) is 13.1. The van der Waals surface area contributed by atoms with Crippen LogP contribution in [0.15, 0.2) is 72.8 Å². The summed E-state index contributed by atoms with van der Waals surface area (Å²) in [6.45, 7) is 2.24. The summed E-state index contributed by atoms with van der Waals surface area (Å²) in [5.74, 6) is -1.21. The average Bonchev–Trinajstić information content (AvgIpc) is 3.13. The summed E-state index contributed by atoms with van der Waals surface area (Å²) >= 11 is 41.2. The van der Waals surface area contributed by atoms with Crippen LogP contribution >= 0.6 is 81.2 Å². The second-order valence-electron chi connectivity index (χ2n) is 10.9. The van der Waals surface area contributed by atoms with E-state index in [2.05, 4.69) is 6.92 Å². The lowest BCUT2D eigenvalue weighted by Crippen LogP contribution is -2.42. The summed E-state index contributed by atoms with van der Waals surface area (Å²) in [5.41, 5.74) is 2.20. The van der Waals surface area contributed by atoms with Crippen LogP contribution in [-0.2, 0) is 25.4 Å². The number of hydrogen-bond donors (Lipinski definition) is 0. The number of anilines is 1. The van der Waals surface area contributed by atoms with Gasteiger partial charge in [0.2, 0.25) is 12.6 Å². The van der Waals surface area contributed by atoms with Crippen molar-refractivity contribution in [2.45, 2.75) is 32.3 Å². The number of carbonyl (C=O) groups excluding carboxylic acids is 3. The van der Waals surface area contributed by atoms with Gasteiger partial charge < -0.3 is 28.6 Å². The first-order valence-electron chi connectivity index (χ1n) is 15.7. The van der Waals surface area contributed by atoms with E-state index in [1.807, 2.05) is 29.2 Å². The molecule has 9 nitrogen and oxygen atoms in total. The van der Waals surface area contributed by atoms with Crippen molar-refractivity contribution in [2.24, 2.45) is 0 Å². The molecular weight excluding hydrogens is 835 g/mol.